The maximum atomic E-state index is 11.8. The van der Waals surface area contributed by atoms with Gasteiger partial charge in [0.05, 0.1) is 0 Å². The van der Waals surface area contributed by atoms with Crippen LogP contribution in [-0.4, -0.2) is 41.5 Å². The summed E-state index contributed by atoms with van der Waals surface area (Å²) >= 11 is 0. The van der Waals surface area contributed by atoms with E-state index in [1.807, 2.05) is 12.1 Å². The lowest BCUT2D eigenvalue weighted by Gasteiger charge is -2.43. The van der Waals surface area contributed by atoms with Gasteiger partial charge in [-0.3, -0.25) is 9.78 Å². The van der Waals surface area contributed by atoms with E-state index in [4.69, 9.17) is 0 Å². The van der Waals surface area contributed by atoms with Crippen LogP contribution in [0.1, 0.15) is 19.4 Å². The van der Waals surface area contributed by atoms with Crippen LogP contribution >= 0.6 is 0 Å². The summed E-state index contributed by atoms with van der Waals surface area (Å²) in [5.74, 6) is -0.337. The van der Waals surface area contributed by atoms with Crippen molar-refractivity contribution in [3.8, 4) is 0 Å². The summed E-state index contributed by atoms with van der Waals surface area (Å²) in [6.07, 6.45) is 3.43. The van der Waals surface area contributed by atoms with Crippen LogP contribution in [0.25, 0.3) is 0 Å². The molecule has 0 radical (unpaired) electrons. The van der Waals surface area contributed by atoms with Gasteiger partial charge in [0.2, 0.25) is 0 Å². The van der Waals surface area contributed by atoms with Crippen LogP contribution in [-0.2, 0) is 21.4 Å². The van der Waals surface area contributed by atoms with Gasteiger partial charge in [0, 0.05) is 32.0 Å². The lowest BCUT2D eigenvalue weighted by Crippen LogP contribution is -2.67. The van der Waals surface area contributed by atoms with Crippen LogP contribution in [0.15, 0.2) is 24.5 Å². The van der Waals surface area contributed by atoms with Gasteiger partial charge in [-0.05, 0) is 25.5 Å². The molecule has 2 heterocycles. The average molecular weight is 283 g/mol. The third kappa shape index (κ3) is 2.35. The van der Waals surface area contributed by atoms with Gasteiger partial charge in [0.25, 0.3) is 15.9 Å². The number of hydrogen-bond donors (Lipinski definition) is 1. The van der Waals surface area contributed by atoms with Gasteiger partial charge in [-0.1, -0.05) is 6.07 Å². The van der Waals surface area contributed by atoms with E-state index in [1.54, 1.807) is 12.4 Å². The van der Waals surface area contributed by atoms with E-state index in [0.717, 1.165) is 9.87 Å². The second-order valence-corrected chi connectivity index (χ2v) is 7.34. The molecule has 0 saturated carbocycles. The summed E-state index contributed by atoms with van der Waals surface area (Å²) in [6.45, 7) is 4.06. The molecule has 0 spiro atoms. The number of rotatable bonds is 5. The first-order valence-electron chi connectivity index (χ1n) is 6.04. The zero-order chi connectivity index (χ0) is 14.1. The minimum Gasteiger partial charge on any atom is -0.311 e. The summed E-state index contributed by atoms with van der Waals surface area (Å²) in [7, 11) is -3.46. The Balaban J connectivity index is 1.80. The second kappa shape index (κ2) is 4.90. The summed E-state index contributed by atoms with van der Waals surface area (Å²) in [5, 5.41) is 3.09. The maximum Gasteiger partial charge on any atom is 0.258 e. The first-order valence-corrected chi connectivity index (χ1v) is 7.48. The highest BCUT2D eigenvalue weighted by molar-refractivity contribution is 7.94. The number of pyridine rings is 1. The highest BCUT2D eigenvalue weighted by Crippen LogP contribution is 2.34. The summed E-state index contributed by atoms with van der Waals surface area (Å²) in [5.41, 5.74) is 1.01. The van der Waals surface area contributed by atoms with Crippen LogP contribution in [0.3, 0.4) is 0 Å². The maximum absolute atomic E-state index is 11.8. The predicted octanol–water partition coefficient (Wildman–Crippen LogP) is 0.122. The van der Waals surface area contributed by atoms with Gasteiger partial charge in [-0.2, -0.15) is 0 Å². The number of amides is 1. The minimum absolute atomic E-state index is 0.171. The first kappa shape index (κ1) is 14.0. The lowest BCUT2D eigenvalue weighted by molar-refractivity contribution is -0.132. The van der Waals surface area contributed by atoms with Crippen LogP contribution < -0.4 is 5.32 Å². The van der Waals surface area contributed by atoms with Crippen molar-refractivity contribution in [3.05, 3.63) is 30.1 Å². The molecule has 19 heavy (non-hydrogen) atoms. The number of sulfonamides is 1. The monoisotopic (exact) mass is 283 g/mol. The van der Waals surface area contributed by atoms with E-state index in [-0.39, 0.29) is 12.5 Å². The Morgan fingerprint density at radius 2 is 2.16 bits per heavy atom. The Kier molecular flexibility index (Phi) is 3.60. The molecule has 104 valence electrons. The molecule has 7 heteroatoms. The smallest absolute Gasteiger partial charge is 0.258 e. The van der Waals surface area contributed by atoms with Crippen molar-refractivity contribution in [2.24, 2.45) is 0 Å². The topological polar surface area (TPSA) is 79.4 Å². The molecular weight excluding hydrogens is 266 g/mol. The minimum atomic E-state index is -3.46. The molecule has 1 N–H and O–H groups in total. The normalized spacial score (nSPS) is 20.1. The second-order valence-electron chi connectivity index (χ2n) is 4.93. The SMILES string of the molecule is CC1(C)C(=O)N(CCNCc2cccnc2)S1(=O)=O. The third-order valence-electron chi connectivity index (χ3n) is 3.22. The molecule has 0 aromatic carbocycles. The van der Waals surface area contributed by atoms with E-state index < -0.39 is 14.8 Å². The van der Waals surface area contributed by atoms with Crippen molar-refractivity contribution < 1.29 is 13.2 Å². The number of carbonyl (C=O) groups excluding carboxylic acids is 1. The Labute approximate surface area is 112 Å². The quantitative estimate of drug-likeness (QED) is 0.777. The largest absolute Gasteiger partial charge is 0.311 e. The van der Waals surface area contributed by atoms with Crippen molar-refractivity contribution >= 4 is 15.9 Å². The molecule has 0 atom stereocenters. The van der Waals surface area contributed by atoms with E-state index in [2.05, 4.69) is 10.3 Å². The molecule has 1 saturated heterocycles. The average Bonchev–Trinajstić information content (AvgIpc) is 2.38. The summed E-state index contributed by atoms with van der Waals surface area (Å²) in [6, 6.07) is 3.76. The van der Waals surface area contributed by atoms with Gasteiger partial charge in [-0.25, -0.2) is 12.7 Å². The van der Waals surface area contributed by atoms with Gasteiger partial charge in [0.1, 0.15) is 0 Å². The molecule has 1 aromatic rings. The number of hydrogen-bond acceptors (Lipinski definition) is 5. The summed E-state index contributed by atoms with van der Waals surface area (Å²) in [4.78, 5) is 15.7. The molecule has 2 rings (SSSR count). The zero-order valence-electron chi connectivity index (χ0n) is 11.0. The molecule has 1 aliphatic rings. The van der Waals surface area contributed by atoms with Crippen LogP contribution in [0.5, 0.6) is 0 Å². The van der Waals surface area contributed by atoms with Crippen molar-refractivity contribution in [1.82, 2.24) is 14.6 Å². The molecule has 1 aromatic heterocycles. The van der Waals surface area contributed by atoms with E-state index in [9.17, 15) is 13.2 Å². The van der Waals surface area contributed by atoms with Crippen LogP contribution in [0.4, 0.5) is 0 Å². The van der Waals surface area contributed by atoms with E-state index in [1.165, 1.54) is 13.8 Å². The van der Waals surface area contributed by atoms with Crippen molar-refractivity contribution in [1.29, 1.82) is 0 Å². The van der Waals surface area contributed by atoms with Gasteiger partial charge in [0.15, 0.2) is 4.75 Å². The fraction of sp³-hybridized carbons (Fsp3) is 0.500. The van der Waals surface area contributed by atoms with Gasteiger partial charge in [-0.15, -0.1) is 0 Å². The molecular formula is C12H17N3O3S. The van der Waals surface area contributed by atoms with Crippen molar-refractivity contribution in [2.45, 2.75) is 25.1 Å². The third-order valence-corrected chi connectivity index (χ3v) is 5.61. The highest BCUT2D eigenvalue weighted by atomic mass is 32.2. The standard InChI is InChI=1S/C12H17N3O3S/c1-12(2)11(16)15(19(12,17)18)7-6-14-9-10-4-3-5-13-8-10/h3-5,8,14H,6-7,9H2,1-2H3. The molecule has 6 nitrogen and oxygen atoms in total. The molecule has 0 bridgehead atoms. The van der Waals surface area contributed by atoms with Gasteiger partial charge >= 0.3 is 0 Å². The fourth-order valence-corrected chi connectivity index (χ4v) is 3.42. The number of nitrogens with zero attached hydrogens (tertiary/aromatic N) is 2. The van der Waals surface area contributed by atoms with Crippen LogP contribution in [0, 0.1) is 0 Å². The fourth-order valence-electron chi connectivity index (χ4n) is 1.89. The number of nitrogens with one attached hydrogen (secondary N) is 1. The predicted molar refractivity (Wildman–Crippen MR) is 70.7 cm³/mol. The van der Waals surface area contributed by atoms with Gasteiger partial charge < -0.3 is 5.32 Å². The zero-order valence-corrected chi connectivity index (χ0v) is 11.8. The van der Waals surface area contributed by atoms with E-state index >= 15 is 0 Å². The Morgan fingerprint density at radius 1 is 1.42 bits per heavy atom. The number of aromatic nitrogens is 1. The Bertz CT molecular complexity index is 569. The molecule has 0 unspecified atom stereocenters. The highest BCUT2D eigenvalue weighted by Gasteiger charge is 2.59. The summed E-state index contributed by atoms with van der Waals surface area (Å²) < 4.78 is 23.3. The molecule has 1 amide bonds. The van der Waals surface area contributed by atoms with Crippen LogP contribution in [0.2, 0.25) is 0 Å². The Morgan fingerprint density at radius 3 is 2.74 bits per heavy atom. The van der Waals surface area contributed by atoms with E-state index in [0.29, 0.717) is 13.1 Å². The van der Waals surface area contributed by atoms with Crippen molar-refractivity contribution in [3.63, 3.8) is 0 Å². The Hall–Kier alpha value is -1.47. The number of carbonyl (C=O) groups is 1. The molecule has 1 aliphatic heterocycles. The molecule has 1 fully saturated rings. The van der Waals surface area contributed by atoms with Crippen molar-refractivity contribution in [2.75, 3.05) is 13.1 Å². The molecule has 0 aliphatic carbocycles. The lowest BCUT2D eigenvalue weighted by atomic mass is 10.2. The first-order chi connectivity index (χ1) is 8.87.